The molecule has 4 fully saturated rings. The third kappa shape index (κ3) is 6.48. The number of rotatable bonds is 12. The van der Waals surface area contributed by atoms with Crippen molar-refractivity contribution in [1.82, 2.24) is 0 Å². The van der Waals surface area contributed by atoms with Gasteiger partial charge < -0.3 is 34.3 Å². The van der Waals surface area contributed by atoms with Crippen molar-refractivity contribution in [3.05, 3.63) is 11.6 Å². The van der Waals surface area contributed by atoms with Crippen LogP contribution >= 0.6 is 0 Å². The van der Waals surface area contributed by atoms with Crippen molar-refractivity contribution in [3.63, 3.8) is 0 Å². The van der Waals surface area contributed by atoms with E-state index in [4.69, 9.17) is 29.2 Å². The van der Waals surface area contributed by atoms with Crippen LogP contribution < -0.4 is 0 Å². The fraction of sp³-hybridized carbons (Fsp3) is 0.816. The first-order chi connectivity index (χ1) is 23.2. The topological polar surface area (TPSA) is 183 Å². The van der Waals surface area contributed by atoms with Crippen molar-refractivity contribution < 1.29 is 58.2 Å². The van der Waals surface area contributed by atoms with E-state index in [2.05, 4.69) is 40.7 Å². The summed E-state index contributed by atoms with van der Waals surface area (Å²) in [6, 6.07) is 0. The molecule has 5 aliphatic rings. The minimum absolute atomic E-state index is 0.00248. The lowest BCUT2D eigenvalue weighted by atomic mass is 9.33. The third-order valence-corrected chi connectivity index (χ3v) is 14.5. The fourth-order valence-corrected chi connectivity index (χ4v) is 11.7. The van der Waals surface area contributed by atoms with Crippen molar-refractivity contribution in [1.29, 1.82) is 0 Å². The Hall–Kier alpha value is -2.99. The number of esters is 2. The van der Waals surface area contributed by atoms with Crippen LogP contribution in [-0.2, 0) is 42.9 Å². The zero-order chi connectivity index (χ0) is 36.9. The van der Waals surface area contributed by atoms with E-state index in [1.54, 1.807) is 0 Å². The highest BCUT2D eigenvalue weighted by atomic mass is 16.6. The molecule has 1 unspecified atom stereocenters. The van der Waals surface area contributed by atoms with E-state index in [1.807, 2.05) is 6.92 Å². The van der Waals surface area contributed by atoms with Crippen molar-refractivity contribution in [2.24, 2.45) is 50.2 Å². The lowest BCUT2D eigenvalue weighted by Crippen LogP contribution is -2.66. The summed E-state index contributed by atoms with van der Waals surface area (Å²) in [4.78, 5) is 60.4. The molecule has 3 N–H and O–H groups in total. The molecule has 5 rings (SSSR count). The van der Waals surface area contributed by atoms with Gasteiger partial charge in [0.25, 0.3) is 0 Å². The Bertz CT molecular complexity index is 1420. The Morgan fingerprint density at radius 1 is 0.740 bits per heavy atom. The first-order valence-corrected chi connectivity index (χ1v) is 18.1. The van der Waals surface area contributed by atoms with Gasteiger partial charge >= 0.3 is 29.8 Å². The molecule has 5 aliphatic carbocycles. The first kappa shape index (κ1) is 38.2. The smallest absolute Gasteiger partial charge is 0.332 e. The normalized spacial score (nSPS) is 40.1. The molecule has 0 aromatic rings. The number of hydrogen-bond acceptors (Lipinski definition) is 9. The highest BCUT2D eigenvalue weighted by Gasteiger charge is 2.70. The lowest BCUT2D eigenvalue weighted by Gasteiger charge is -2.71. The van der Waals surface area contributed by atoms with Gasteiger partial charge in [-0.15, -0.1) is 0 Å². The van der Waals surface area contributed by atoms with Crippen LogP contribution in [0.5, 0.6) is 0 Å². The highest BCUT2D eigenvalue weighted by molar-refractivity contribution is 5.77. The number of carbonyl (C=O) groups excluding carboxylic acids is 2. The number of ether oxygens (including phenoxy) is 4. The molecule has 0 amide bonds. The van der Waals surface area contributed by atoms with Gasteiger partial charge in [-0.3, -0.25) is 4.79 Å². The number of carbonyl (C=O) groups is 5. The summed E-state index contributed by atoms with van der Waals surface area (Å²) in [5.41, 5.74) is -0.686. The Balaban J connectivity index is 1.46. The van der Waals surface area contributed by atoms with Gasteiger partial charge in [0.2, 0.25) is 0 Å². The molecule has 9 atom stereocenters. The van der Waals surface area contributed by atoms with Crippen molar-refractivity contribution in [2.45, 2.75) is 112 Å². The third-order valence-electron chi connectivity index (χ3n) is 14.5. The van der Waals surface area contributed by atoms with Gasteiger partial charge in [0, 0.05) is 5.41 Å². The summed E-state index contributed by atoms with van der Waals surface area (Å²) in [7, 11) is 0. The van der Waals surface area contributed by atoms with E-state index in [9.17, 15) is 29.1 Å². The molecular formula is C38H56O12. The zero-order valence-corrected chi connectivity index (χ0v) is 30.5. The Kier molecular flexibility index (Phi) is 10.3. The molecule has 0 aromatic heterocycles. The number of fused-ring (bicyclic) bond motifs is 7. The van der Waals surface area contributed by atoms with Crippen LogP contribution in [0.1, 0.15) is 106 Å². The molecule has 0 aromatic carbocycles. The van der Waals surface area contributed by atoms with Crippen LogP contribution in [0.15, 0.2) is 11.6 Å². The van der Waals surface area contributed by atoms with E-state index in [-0.39, 0.29) is 46.0 Å². The quantitative estimate of drug-likeness (QED) is 0.171. The van der Waals surface area contributed by atoms with E-state index in [1.165, 1.54) is 5.57 Å². The Labute approximate surface area is 294 Å². The van der Waals surface area contributed by atoms with Crippen LogP contribution in [-0.4, -0.2) is 84.3 Å². The molecule has 12 heteroatoms. The summed E-state index contributed by atoms with van der Waals surface area (Å²) in [5.74, 6) is -4.27. The Morgan fingerprint density at radius 2 is 1.36 bits per heavy atom. The maximum absolute atomic E-state index is 13.0. The van der Waals surface area contributed by atoms with Crippen LogP contribution in [0.2, 0.25) is 0 Å². The van der Waals surface area contributed by atoms with Gasteiger partial charge in [-0.05, 0) is 104 Å². The van der Waals surface area contributed by atoms with Crippen LogP contribution in [0.3, 0.4) is 0 Å². The predicted octanol–water partition coefficient (Wildman–Crippen LogP) is 5.51. The van der Waals surface area contributed by atoms with E-state index in [0.29, 0.717) is 19.3 Å². The fourth-order valence-electron chi connectivity index (χ4n) is 11.7. The van der Waals surface area contributed by atoms with Crippen molar-refractivity contribution >= 4 is 29.8 Å². The molecule has 0 bridgehead atoms. The summed E-state index contributed by atoms with van der Waals surface area (Å²) in [6.07, 6.45) is 9.43. The second kappa shape index (κ2) is 13.5. The van der Waals surface area contributed by atoms with Gasteiger partial charge in [0.1, 0.15) is 39.1 Å². The number of hydrogen-bond donors (Lipinski definition) is 3. The second-order valence-electron chi connectivity index (χ2n) is 17.6. The summed E-state index contributed by atoms with van der Waals surface area (Å²) in [5, 5.41) is 28.5. The molecule has 0 spiro atoms. The molecular weight excluding hydrogens is 648 g/mol. The minimum Gasteiger partial charge on any atom is -0.481 e. The maximum Gasteiger partial charge on any atom is 0.332 e. The Morgan fingerprint density at radius 3 is 1.98 bits per heavy atom. The average Bonchev–Trinajstić information content (AvgIpc) is 3.01. The maximum atomic E-state index is 13.0. The second-order valence-corrected chi connectivity index (χ2v) is 17.6. The molecule has 4 saturated carbocycles. The van der Waals surface area contributed by atoms with E-state index < -0.39 is 73.2 Å². The predicted molar refractivity (Wildman–Crippen MR) is 179 cm³/mol. The number of allylic oxidation sites excluding steroid dienone is 2. The van der Waals surface area contributed by atoms with Gasteiger partial charge in [-0.1, -0.05) is 53.2 Å². The average molecular weight is 705 g/mol. The van der Waals surface area contributed by atoms with Crippen LogP contribution in [0.4, 0.5) is 0 Å². The van der Waals surface area contributed by atoms with Crippen molar-refractivity contribution in [2.75, 3.05) is 33.0 Å². The zero-order valence-electron chi connectivity index (χ0n) is 30.5. The standard InChI is InChI=1S/C38H56O12/c1-33(2)13-15-38(32(45)46)16-14-36(5)23(24(38)17-33)7-8-26-34(3)11-10-27(50-31(44)21-48-19-29(41)42)35(4,25(34)9-12-37(26,36)6)22-49-30(43)20-47-18-28(39)40/h7,24-27H,8-22H2,1-6H3,(H,39,40)(H,41,42)(H,45,46)/t24-,25+,26+,27-,34-,35?,36+,37+,38-/m0/s1. The van der Waals surface area contributed by atoms with Gasteiger partial charge in [-0.25, -0.2) is 19.2 Å². The van der Waals surface area contributed by atoms with E-state index in [0.717, 1.165) is 44.9 Å². The minimum atomic E-state index is -1.20. The molecule has 0 heterocycles. The lowest BCUT2D eigenvalue weighted by molar-refractivity contribution is -0.228. The molecule has 0 aliphatic heterocycles. The number of carboxylic acid groups (broad SMARTS) is 3. The van der Waals surface area contributed by atoms with Crippen molar-refractivity contribution in [3.8, 4) is 0 Å². The van der Waals surface area contributed by atoms with Crippen LogP contribution in [0, 0.1) is 50.2 Å². The molecule has 280 valence electrons. The number of carboxylic acids is 3. The molecule has 0 saturated heterocycles. The summed E-state index contributed by atoms with van der Waals surface area (Å²) in [6.45, 7) is 11.2. The monoisotopic (exact) mass is 704 g/mol. The molecule has 0 radical (unpaired) electrons. The first-order valence-electron chi connectivity index (χ1n) is 18.1. The van der Waals surface area contributed by atoms with E-state index >= 15 is 0 Å². The van der Waals surface area contributed by atoms with Gasteiger partial charge in [0.05, 0.1) is 5.41 Å². The largest absolute Gasteiger partial charge is 0.481 e. The molecule has 12 nitrogen and oxygen atoms in total. The summed E-state index contributed by atoms with van der Waals surface area (Å²) >= 11 is 0. The number of aliphatic carboxylic acids is 3. The molecule has 50 heavy (non-hydrogen) atoms. The summed E-state index contributed by atoms with van der Waals surface area (Å²) < 4.78 is 21.7. The highest BCUT2D eigenvalue weighted by Crippen LogP contribution is 2.76. The van der Waals surface area contributed by atoms with Crippen LogP contribution in [0.25, 0.3) is 0 Å². The van der Waals surface area contributed by atoms with Gasteiger partial charge in [-0.2, -0.15) is 0 Å². The van der Waals surface area contributed by atoms with Gasteiger partial charge in [0.15, 0.2) is 0 Å². The SMILES string of the molecule is CC1(C)CC[C@]2(C(=O)O)CC[C@]3(C)C(=CC[C@@H]4[C@@]5(C)CC[C@H](OC(=O)COCC(=O)O)C(C)(COC(=O)COCC(=O)O)[C@@H]5CC[C@]43C)[C@@H]2C1.